The van der Waals surface area contributed by atoms with Crippen LogP contribution in [0.4, 0.5) is 23.9 Å². The van der Waals surface area contributed by atoms with E-state index in [1.807, 2.05) is 32.0 Å². The number of likely N-dealkylation sites (tertiary alicyclic amines) is 1. The van der Waals surface area contributed by atoms with Crippen molar-refractivity contribution in [2.75, 3.05) is 24.4 Å². The molecule has 3 aromatic rings. The number of ether oxygens (including phenoxy) is 2. The fourth-order valence-electron chi connectivity index (χ4n) is 8.47. The summed E-state index contributed by atoms with van der Waals surface area (Å²) in [5.41, 5.74) is 1.24. The molecular formula is C39H46F3N5O6S. The van der Waals surface area contributed by atoms with E-state index < -0.39 is 39.6 Å². The number of anilines is 1. The number of carbonyl (C=O) groups excluding carboxylic acids is 2. The van der Waals surface area contributed by atoms with Crippen LogP contribution < -0.4 is 9.46 Å². The van der Waals surface area contributed by atoms with Gasteiger partial charge in [-0.05, 0) is 114 Å². The average Bonchev–Trinajstić information content (AvgIpc) is 3.88. The third kappa shape index (κ3) is 7.11. The summed E-state index contributed by atoms with van der Waals surface area (Å²) in [6.07, 6.45) is -3.25. The summed E-state index contributed by atoms with van der Waals surface area (Å²) in [6.45, 7) is 9.75. The molecule has 1 saturated heterocycles. The number of sulfonamides is 1. The van der Waals surface area contributed by atoms with E-state index in [0.717, 1.165) is 16.7 Å². The van der Waals surface area contributed by atoms with Crippen molar-refractivity contribution in [2.24, 2.45) is 10.8 Å². The maximum absolute atomic E-state index is 14.7. The van der Waals surface area contributed by atoms with E-state index in [0.29, 0.717) is 50.0 Å². The van der Waals surface area contributed by atoms with Crippen LogP contribution in [0.1, 0.15) is 85.8 Å². The first-order valence-corrected chi connectivity index (χ1v) is 20.0. The number of halogens is 3. The van der Waals surface area contributed by atoms with E-state index in [9.17, 15) is 31.2 Å². The van der Waals surface area contributed by atoms with Crippen molar-refractivity contribution >= 4 is 28.0 Å². The van der Waals surface area contributed by atoms with Crippen LogP contribution in [-0.2, 0) is 14.8 Å². The zero-order valence-corrected chi connectivity index (χ0v) is 31.9. The summed E-state index contributed by atoms with van der Waals surface area (Å²) in [5.74, 6) is -0.830. The number of hydrogen-bond donors (Lipinski definition) is 1. The number of nitrogens with zero attached hydrogens (tertiary/aromatic N) is 4. The Kier molecular flexibility index (Phi) is 9.63. The Morgan fingerprint density at radius 1 is 1.02 bits per heavy atom. The van der Waals surface area contributed by atoms with Crippen LogP contribution in [0.25, 0.3) is 11.3 Å². The number of carbonyl (C=O) groups is 2. The molecule has 2 saturated carbocycles. The van der Waals surface area contributed by atoms with Gasteiger partial charge in [-0.2, -0.15) is 18.2 Å². The molecule has 0 radical (unpaired) electrons. The smallest absolute Gasteiger partial charge is 0.410 e. The lowest BCUT2D eigenvalue weighted by Gasteiger charge is -2.56. The summed E-state index contributed by atoms with van der Waals surface area (Å²) < 4.78 is 85.8. The number of nitrogens with one attached hydrogen (secondary N) is 1. The molecule has 1 spiro atoms. The van der Waals surface area contributed by atoms with E-state index >= 15 is 0 Å². The van der Waals surface area contributed by atoms with E-state index in [1.54, 1.807) is 25.7 Å². The van der Waals surface area contributed by atoms with Gasteiger partial charge < -0.3 is 19.3 Å². The molecule has 2 amide bonds. The van der Waals surface area contributed by atoms with Gasteiger partial charge in [0.1, 0.15) is 6.61 Å². The fourth-order valence-corrected chi connectivity index (χ4v) is 9.46. The Labute approximate surface area is 313 Å². The van der Waals surface area contributed by atoms with Crippen molar-refractivity contribution in [3.63, 3.8) is 0 Å². The molecule has 2 aromatic carbocycles. The van der Waals surface area contributed by atoms with Crippen LogP contribution in [0.3, 0.4) is 0 Å². The van der Waals surface area contributed by atoms with Crippen molar-refractivity contribution in [3.8, 4) is 17.1 Å². The standard InChI is InChI=1S/C39H46F3N5O6S/c1-23(2)53-36(49)46-16-14-37(15-17-46)19-28(20-37)47-29(21-38(12-13-38)39(40,41)42)22-52-33-26(5)32(31-24(3)8-6-9-25(31)4)43-35(44-33)45-54(50,51)30-11-7-10-27(18-30)34(47)48/h6-11,18,23,28-29H,12-17,19-22H2,1-5H3,(H,43,44,45)/t29-/m1/s1. The van der Waals surface area contributed by atoms with Gasteiger partial charge in [0.15, 0.2) is 0 Å². The van der Waals surface area contributed by atoms with Crippen molar-refractivity contribution < 1.29 is 40.7 Å². The monoisotopic (exact) mass is 769 g/mol. The summed E-state index contributed by atoms with van der Waals surface area (Å²) in [7, 11) is -4.33. The van der Waals surface area contributed by atoms with Gasteiger partial charge >= 0.3 is 12.3 Å². The first kappa shape index (κ1) is 37.9. The van der Waals surface area contributed by atoms with Crippen LogP contribution >= 0.6 is 0 Å². The number of aryl methyl sites for hydroxylation is 2. The van der Waals surface area contributed by atoms with Gasteiger partial charge in [-0.1, -0.05) is 24.3 Å². The van der Waals surface area contributed by atoms with Crippen LogP contribution in [0.5, 0.6) is 5.88 Å². The Bertz CT molecular complexity index is 2050. The minimum atomic E-state index is -4.49. The minimum absolute atomic E-state index is 0.00583. The Balaban J connectivity index is 1.29. The summed E-state index contributed by atoms with van der Waals surface area (Å²) in [5, 5.41) is 0. The molecule has 4 aliphatic rings. The predicted molar refractivity (Wildman–Crippen MR) is 195 cm³/mol. The highest BCUT2D eigenvalue weighted by molar-refractivity contribution is 7.92. The minimum Gasteiger partial charge on any atom is -0.475 e. The fraction of sp³-hybridized carbons (Fsp3) is 0.538. The highest BCUT2D eigenvalue weighted by atomic mass is 32.2. The van der Waals surface area contributed by atoms with E-state index in [4.69, 9.17) is 9.47 Å². The molecule has 1 atom stereocenters. The second kappa shape index (κ2) is 13.7. The van der Waals surface area contributed by atoms with E-state index in [-0.39, 0.29) is 65.8 Å². The molecule has 11 nitrogen and oxygen atoms in total. The number of aromatic nitrogens is 2. The molecule has 1 aromatic heterocycles. The molecule has 2 aliphatic carbocycles. The maximum Gasteiger partial charge on any atom is 0.410 e. The largest absolute Gasteiger partial charge is 0.475 e. The zero-order valence-electron chi connectivity index (χ0n) is 31.1. The van der Waals surface area contributed by atoms with Gasteiger partial charge in [0, 0.05) is 35.8 Å². The maximum atomic E-state index is 14.7. The van der Waals surface area contributed by atoms with Crippen molar-refractivity contribution in [2.45, 2.75) is 109 Å². The van der Waals surface area contributed by atoms with Gasteiger partial charge in [0.25, 0.3) is 15.9 Å². The molecule has 2 aliphatic heterocycles. The number of hydrogen-bond acceptors (Lipinski definition) is 8. The molecule has 1 N–H and O–H groups in total. The third-order valence-electron chi connectivity index (χ3n) is 11.7. The summed E-state index contributed by atoms with van der Waals surface area (Å²) in [4.78, 5) is 39.3. The summed E-state index contributed by atoms with van der Waals surface area (Å²) >= 11 is 0. The third-order valence-corrected chi connectivity index (χ3v) is 13.0. The lowest BCUT2D eigenvalue weighted by Crippen LogP contribution is -2.60. The van der Waals surface area contributed by atoms with Crippen molar-refractivity contribution in [3.05, 3.63) is 64.7 Å². The van der Waals surface area contributed by atoms with Gasteiger partial charge in [-0.15, -0.1) is 0 Å². The van der Waals surface area contributed by atoms with Crippen LogP contribution in [0.2, 0.25) is 0 Å². The molecule has 290 valence electrons. The molecular weight excluding hydrogens is 724 g/mol. The van der Waals surface area contributed by atoms with Gasteiger partial charge in [0.05, 0.1) is 28.2 Å². The quantitative estimate of drug-likeness (QED) is 0.281. The van der Waals surface area contributed by atoms with Gasteiger partial charge in [0.2, 0.25) is 11.8 Å². The zero-order chi connectivity index (χ0) is 38.8. The average molecular weight is 770 g/mol. The highest BCUT2D eigenvalue weighted by Crippen LogP contribution is 2.61. The normalized spacial score (nSPS) is 21.9. The molecule has 3 fully saturated rings. The highest BCUT2D eigenvalue weighted by Gasteiger charge is 2.64. The molecule has 0 unspecified atom stereocenters. The Morgan fingerprint density at radius 3 is 2.28 bits per heavy atom. The molecule has 54 heavy (non-hydrogen) atoms. The van der Waals surface area contributed by atoms with Gasteiger partial charge in [-0.3, -0.25) is 4.79 Å². The van der Waals surface area contributed by atoms with Crippen LogP contribution in [-0.4, -0.2) is 84.2 Å². The van der Waals surface area contributed by atoms with E-state index in [2.05, 4.69) is 14.7 Å². The number of alkyl halides is 3. The van der Waals surface area contributed by atoms with Crippen molar-refractivity contribution in [1.82, 2.24) is 19.8 Å². The SMILES string of the molecule is Cc1cccc(C)c1-c1nc2nc(c1C)OC[C@@H](CC1(C(F)(F)F)CC1)N(C1CC3(CCN(C(=O)OC(C)C)CC3)C1)C(=O)c1cccc(c1)S(=O)(=O)N2. The van der Waals surface area contributed by atoms with Crippen molar-refractivity contribution in [1.29, 1.82) is 0 Å². The van der Waals surface area contributed by atoms with Gasteiger partial charge in [-0.25, -0.2) is 22.9 Å². The number of benzene rings is 2. The lowest BCUT2D eigenvalue weighted by atomic mass is 9.59. The number of fused-ring (bicyclic) bond motifs is 4. The lowest BCUT2D eigenvalue weighted by molar-refractivity contribution is -0.194. The second-order valence-corrected chi connectivity index (χ2v) is 17.5. The van der Waals surface area contributed by atoms with Crippen LogP contribution in [0.15, 0.2) is 47.4 Å². The molecule has 4 bridgehead atoms. The number of piperidine rings is 1. The van der Waals surface area contributed by atoms with Crippen LogP contribution in [0, 0.1) is 31.6 Å². The number of rotatable bonds is 5. The topological polar surface area (TPSA) is 131 Å². The molecule has 3 heterocycles. The first-order valence-electron chi connectivity index (χ1n) is 18.5. The second-order valence-electron chi connectivity index (χ2n) is 15.9. The first-order chi connectivity index (χ1) is 25.4. The van der Waals surface area contributed by atoms with E-state index in [1.165, 1.54) is 29.2 Å². The summed E-state index contributed by atoms with van der Waals surface area (Å²) in [6, 6.07) is 9.75. The Hall–Kier alpha value is -4.40. The predicted octanol–water partition coefficient (Wildman–Crippen LogP) is 7.60. The number of amides is 2. The Morgan fingerprint density at radius 2 is 1.67 bits per heavy atom. The molecule has 15 heteroatoms. The molecule has 7 rings (SSSR count).